The average Bonchev–Trinajstić information content (AvgIpc) is 3.28. The monoisotopic (exact) mass is 507 g/mol. The fourth-order valence-corrected chi connectivity index (χ4v) is 4.47. The summed E-state index contributed by atoms with van der Waals surface area (Å²) in [7, 11) is 1.51. The molecular formula is C26H25N3O6S. The minimum atomic E-state index is -0.671. The van der Waals surface area contributed by atoms with Crippen molar-refractivity contribution >= 4 is 39.0 Å². The van der Waals surface area contributed by atoms with Gasteiger partial charge in [0.2, 0.25) is 0 Å². The number of nitrogens with zero attached hydrogens (tertiary/aromatic N) is 2. The first-order valence-electron chi connectivity index (χ1n) is 11.3. The van der Waals surface area contributed by atoms with Crippen molar-refractivity contribution in [2.24, 2.45) is 0 Å². The summed E-state index contributed by atoms with van der Waals surface area (Å²) in [4.78, 5) is 39.3. The summed E-state index contributed by atoms with van der Waals surface area (Å²) in [5, 5.41) is 9.48. The Morgan fingerprint density at radius 3 is 2.53 bits per heavy atom. The molecule has 0 atom stereocenters. The number of fused-ring (bicyclic) bond motifs is 1. The maximum absolute atomic E-state index is 13.6. The highest BCUT2D eigenvalue weighted by molar-refractivity contribution is 7.16. The Morgan fingerprint density at radius 1 is 1.11 bits per heavy atom. The molecule has 2 aromatic heterocycles. The number of esters is 1. The molecule has 0 unspecified atom stereocenters. The van der Waals surface area contributed by atoms with Gasteiger partial charge in [-0.25, -0.2) is 4.79 Å². The quantitative estimate of drug-likeness (QED) is 0.345. The minimum absolute atomic E-state index is 0.0103. The summed E-state index contributed by atoms with van der Waals surface area (Å²) in [5.74, 6) is 0.0874. The highest BCUT2D eigenvalue weighted by Gasteiger charge is 2.23. The zero-order chi connectivity index (χ0) is 25.8. The van der Waals surface area contributed by atoms with E-state index in [-0.39, 0.29) is 23.8 Å². The predicted octanol–water partition coefficient (Wildman–Crippen LogP) is 4.67. The fraction of sp³-hybridized carbons (Fsp3) is 0.231. The maximum Gasteiger partial charge on any atom is 0.359 e. The van der Waals surface area contributed by atoms with Gasteiger partial charge in [0.25, 0.3) is 11.5 Å². The van der Waals surface area contributed by atoms with Crippen LogP contribution in [0, 0.1) is 0 Å². The van der Waals surface area contributed by atoms with Crippen molar-refractivity contribution in [1.29, 1.82) is 0 Å². The number of rotatable bonds is 8. The number of thiophene rings is 1. The number of ether oxygens (including phenoxy) is 3. The van der Waals surface area contributed by atoms with Crippen LogP contribution in [0.3, 0.4) is 0 Å². The van der Waals surface area contributed by atoms with Gasteiger partial charge in [0.05, 0.1) is 30.9 Å². The molecule has 0 saturated carbocycles. The maximum atomic E-state index is 13.6. The molecule has 0 aliphatic heterocycles. The van der Waals surface area contributed by atoms with Crippen molar-refractivity contribution in [1.82, 2.24) is 9.78 Å². The number of benzene rings is 2. The van der Waals surface area contributed by atoms with Crippen LogP contribution in [0.2, 0.25) is 0 Å². The van der Waals surface area contributed by atoms with Crippen LogP contribution >= 0.6 is 11.3 Å². The van der Waals surface area contributed by atoms with Gasteiger partial charge >= 0.3 is 5.97 Å². The number of hydrogen-bond donors (Lipinski definition) is 1. The molecule has 0 bridgehead atoms. The van der Waals surface area contributed by atoms with Crippen LogP contribution in [0.25, 0.3) is 16.5 Å². The Morgan fingerprint density at radius 2 is 1.86 bits per heavy atom. The molecule has 0 radical (unpaired) electrons. The van der Waals surface area contributed by atoms with Crippen molar-refractivity contribution in [3.8, 4) is 17.2 Å². The Bertz CT molecular complexity index is 1470. The Hall–Kier alpha value is -4.18. The number of hydrogen-bond acceptors (Lipinski definition) is 8. The average molecular weight is 508 g/mol. The SMILES string of the molecule is CCOC(=O)c1nn(-c2cccc(OC)c2)c(=O)c2c(NC(=O)c3ccc(OC(C)C)cc3)scc12. The van der Waals surface area contributed by atoms with Crippen LogP contribution in [0.1, 0.15) is 41.6 Å². The van der Waals surface area contributed by atoms with E-state index < -0.39 is 17.4 Å². The normalized spacial score (nSPS) is 10.9. The fourth-order valence-electron chi connectivity index (χ4n) is 3.54. The molecule has 10 heteroatoms. The van der Waals surface area contributed by atoms with Crippen molar-refractivity contribution in [2.45, 2.75) is 26.9 Å². The van der Waals surface area contributed by atoms with Crippen LogP contribution in [0.15, 0.2) is 58.7 Å². The van der Waals surface area contributed by atoms with Crippen molar-refractivity contribution in [2.75, 3.05) is 19.0 Å². The molecule has 0 spiro atoms. The number of carbonyl (C=O) groups is 2. The van der Waals surface area contributed by atoms with E-state index in [1.54, 1.807) is 60.8 Å². The van der Waals surface area contributed by atoms with Gasteiger partial charge in [-0.1, -0.05) is 6.07 Å². The lowest BCUT2D eigenvalue weighted by Gasteiger charge is -2.11. The van der Waals surface area contributed by atoms with Crippen LogP contribution < -0.4 is 20.3 Å². The number of amides is 1. The molecule has 2 aromatic carbocycles. The van der Waals surface area contributed by atoms with Gasteiger partial charge in [0.15, 0.2) is 5.69 Å². The standard InChI is InChI=1S/C26H25N3O6S/c1-5-34-26(32)22-20-14-36-24(27-23(30)16-9-11-18(12-10-16)35-15(2)3)21(20)25(31)29(28-22)17-7-6-8-19(13-17)33-4/h6-15H,5H2,1-4H3,(H,27,30). The molecule has 0 aliphatic rings. The van der Waals surface area contributed by atoms with E-state index in [1.165, 1.54) is 7.11 Å². The van der Waals surface area contributed by atoms with Crippen LogP contribution in [-0.4, -0.2) is 41.5 Å². The largest absolute Gasteiger partial charge is 0.497 e. The first-order valence-corrected chi connectivity index (χ1v) is 12.1. The third-order valence-electron chi connectivity index (χ3n) is 5.13. The van der Waals surface area contributed by atoms with Crippen molar-refractivity contribution in [3.63, 3.8) is 0 Å². The molecule has 1 N–H and O–H groups in total. The Balaban J connectivity index is 1.79. The van der Waals surface area contributed by atoms with Crippen LogP contribution in [0.4, 0.5) is 5.00 Å². The molecular weight excluding hydrogens is 482 g/mol. The molecule has 4 rings (SSSR count). The molecule has 0 saturated heterocycles. The second-order valence-corrected chi connectivity index (χ2v) is 8.87. The summed E-state index contributed by atoms with van der Waals surface area (Å²) in [6, 6.07) is 13.4. The lowest BCUT2D eigenvalue weighted by Crippen LogP contribution is -2.25. The highest BCUT2D eigenvalue weighted by atomic mass is 32.1. The summed E-state index contributed by atoms with van der Waals surface area (Å²) >= 11 is 1.13. The lowest BCUT2D eigenvalue weighted by atomic mass is 10.2. The van der Waals surface area contributed by atoms with E-state index in [1.807, 2.05) is 13.8 Å². The third-order valence-corrected chi connectivity index (χ3v) is 6.03. The number of aromatic nitrogens is 2. The molecule has 4 aromatic rings. The van der Waals surface area contributed by atoms with E-state index >= 15 is 0 Å². The van der Waals surface area contributed by atoms with Gasteiger partial charge in [-0.05, 0) is 57.2 Å². The van der Waals surface area contributed by atoms with Gasteiger partial charge in [0, 0.05) is 22.4 Å². The molecule has 1 amide bonds. The van der Waals surface area contributed by atoms with Crippen molar-refractivity contribution in [3.05, 3.63) is 75.5 Å². The number of anilines is 1. The summed E-state index contributed by atoms with van der Waals surface area (Å²) < 4.78 is 17.2. The highest BCUT2D eigenvalue weighted by Crippen LogP contribution is 2.31. The molecule has 0 fully saturated rings. The second-order valence-electron chi connectivity index (χ2n) is 7.99. The summed E-state index contributed by atoms with van der Waals surface area (Å²) in [6.07, 6.45) is 0.0103. The molecule has 2 heterocycles. The summed E-state index contributed by atoms with van der Waals surface area (Å²) in [6.45, 7) is 5.66. The van der Waals surface area contributed by atoms with Gasteiger partial charge in [-0.2, -0.15) is 9.78 Å². The molecule has 186 valence electrons. The first kappa shape index (κ1) is 24.9. The van der Waals surface area contributed by atoms with Gasteiger partial charge in [-0.3, -0.25) is 9.59 Å². The predicted molar refractivity (Wildman–Crippen MR) is 138 cm³/mol. The zero-order valence-corrected chi connectivity index (χ0v) is 21.0. The van der Waals surface area contributed by atoms with E-state index in [0.29, 0.717) is 33.1 Å². The first-order chi connectivity index (χ1) is 17.3. The minimum Gasteiger partial charge on any atom is -0.497 e. The number of carbonyl (C=O) groups excluding carboxylic acids is 2. The van der Waals surface area contributed by atoms with E-state index in [0.717, 1.165) is 16.0 Å². The van der Waals surface area contributed by atoms with Crippen LogP contribution in [0.5, 0.6) is 11.5 Å². The number of nitrogens with one attached hydrogen (secondary N) is 1. The van der Waals surface area contributed by atoms with Crippen LogP contribution in [-0.2, 0) is 4.74 Å². The smallest absolute Gasteiger partial charge is 0.359 e. The molecule has 9 nitrogen and oxygen atoms in total. The topological polar surface area (TPSA) is 109 Å². The molecule has 0 aliphatic carbocycles. The van der Waals surface area contributed by atoms with Gasteiger partial charge < -0.3 is 19.5 Å². The van der Waals surface area contributed by atoms with Gasteiger partial charge in [0.1, 0.15) is 16.5 Å². The number of methoxy groups -OCH3 is 1. The Labute approximate surface area is 211 Å². The van der Waals surface area contributed by atoms with E-state index in [4.69, 9.17) is 14.2 Å². The molecule has 36 heavy (non-hydrogen) atoms. The Kier molecular flexibility index (Phi) is 7.35. The van der Waals surface area contributed by atoms with Crippen molar-refractivity contribution < 1.29 is 23.8 Å². The van der Waals surface area contributed by atoms with E-state index in [9.17, 15) is 14.4 Å². The van der Waals surface area contributed by atoms with Gasteiger partial charge in [-0.15, -0.1) is 11.3 Å². The zero-order valence-electron chi connectivity index (χ0n) is 20.2. The third kappa shape index (κ3) is 5.08. The summed E-state index contributed by atoms with van der Waals surface area (Å²) in [5.41, 5.74) is 0.265. The lowest BCUT2D eigenvalue weighted by molar-refractivity contribution is 0.0520. The second kappa shape index (κ2) is 10.6. The van der Waals surface area contributed by atoms with E-state index in [2.05, 4.69) is 10.4 Å².